The van der Waals surface area contributed by atoms with E-state index in [0.717, 1.165) is 56.5 Å². The summed E-state index contributed by atoms with van der Waals surface area (Å²) in [6, 6.07) is 7.05. The zero-order valence-electron chi connectivity index (χ0n) is 21.9. The maximum Gasteiger partial charge on any atom is 0.410 e. The molecule has 1 fully saturated rings. The Bertz CT molecular complexity index is 772. The second kappa shape index (κ2) is 12.4. The van der Waals surface area contributed by atoms with Crippen LogP contribution in [0.15, 0.2) is 24.3 Å². The lowest BCUT2D eigenvalue weighted by Crippen LogP contribution is -2.41. The lowest BCUT2D eigenvalue weighted by atomic mass is 9.92. The summed E-state index contributed by atoms with van der Waals surface area (Å²) in [7, 11) is 0. The van der Waals surface area contributed by atoms with Gasteiger partial charge in [-0.05, 0) is 97.3 Å². The quantitative estimate of drug-likeness (QED) is 0.394. The molecule has 7 nitrogen and oxygen atoms in total. The van der Waals surface area contributed by atoms with Gasteiger partial charge in [0.1, 0.15) is 23.0 Å². The van der Waals surface area contributed by atoms with Crippen LogP contribution in [0.2, 0.25) is 0 Å². The maximum absolute atomic E-state index is 12.2. The fraction of sp³-hybridized carbons (Fsp3) is 0.704. The molecule has 0 spiro atoms. The third kappa shape index (κ3) is 10.8. The number of unbranched alkanes of at least 4 members (excludes halogenated alkanes) is 1. The van der Waals surface area contributed by atoms with Gasteiger partial charge < -0.3 is 24.8 Å². The minimum Gasteiger partial charge on any atom is -0.494 e. The summed E-state index contributed by atoms with van der Waals surface area (Å²) < 4.78 is 16.7. The Kier molecular flexibility index (Phi) is 10.2. The number of carbonyl (C=O) groups is 2. The predicted molar refractivity (Wildman–Crippen MR) is 134 cm³/mol. The van der Waals surface area contributed by atoms with Crippen LogP contribution in [0.1, 0.15) is 79.2 Å². The van der Waals surface area contributed by atoms with Gasteiger partial charge in [0.05, 0.1) is 6.61 Å². The van der Waals surface area contributed by atoms with Gasteiger partial charge in [-0.25, -0.2) is 4.79 Å². The summed E-state index contributed by atoms with van der Waals surface area (Å²) in [6.07, 6.45) is 5.57. The largest absolute Gasteiger partial charge is 0.494 e. The first-order valence-corrected chi connectivity index (χ1v) is 12.5. The van der Waals surface area contributed by atoms with Crippen molar-refractivity contribution in [3.8, 4) is 5.75 Å². The minimum absolute atomic E-state index is 0.197. The van der Waals surface area contributed by atoms with Gasteiger partial charge in [0.2, 0.25) is 0 Å². The maximum atomic E-state index is 12.2. The van der Waals surface area contributed by atoms with E-state index in [2.05, 4.69) is 0 Å². The Balaban J connectivity index is 1.60. The van der Waals surface area contributed by atoms with E-state index in [0.29, 0.717) is 18.9 Å². The van der Waals surface area contributed by atoms with Gasteiger partial charge in [-0.3, -0.25) is 4.79 Å². The molecule has 192 valence electrons. The molecule has 1 aliphatic rings. The van der Waals surface area contributed by atoms with Crippen LogP contribution in [0.5, 0.6) is 5.75 Å². The number of hydrogen-bond acceptors (Lipinski definition) is 6. The second-order valence-corrected chi connectivity index (χ2v) is 11.2. The third-order valence-electron chi connectivity index (χ3n) is 5.63. The van der Waals surface area contributed by atoms with Crippen molar-refractivity contribution >= 4 is 12.1 Å². The number of carbonyl (C=O) groups excluding carboxylic acids is 2. The molecular formula is C27H44N2O5. The van der Waals surface area contributed by atoms with Crippen LogP contribution in [-0.2, 0) is 20.7 Å². The van der Waals surface area contributed by atoms with E-state index in [-0.39, 0.29) is 12.1 Å². The molecule has 0 aromatic heterocycles. The zero-order chi connectivity index (χ0) is 25.4. The average molecular weight is 477 g/mol. The first kappa shape index (κ1) is 28.0. The molecule has 1 amide bonds. The highest BCUT2D eigenvalue weighted by Crippen LogP contribution is 2.24. The smallest absolute Gasteiger partial charge is 0.410 e. The predicted octanol–water partition coefficient (Wildman–Crippen LogP) is 5.09. The number of nitrogens with two attached hydrogens (primary N) is 1. The number of piperidine rings is 1. The molecule has 2 N–H and O–H groups in total. The first-order chi connectivity index (χ1) is 15.8. The number of likely N-dealkylation sites (tertiary alicyclic amines) is 1. The van der Waals surface area contributed by atoms with Crippen LogP contribution in [0.25, 0.3) is 0 Å². The molecule has 1 atom stereocenters. The summed E-state index contributed by atoms with van der Waals surface area (Å²) in [4.78, 5) is 26.0. The Morgan fingerprint density at radius 1 is 0.971 bits per heavy atom. The standard InChI is InChI=1S/C27H44N2O5/c1-26(2,3)33-24(30)23(28)19-21-10-12-22(13-11-21)32-18-8-7-9-20-14-16-29(17-15-20)25(31)34-27(4,5)6/h10-13,20,23H,7-9,14-19,28H2,1-6H3/t23-/m0/s1. The van der Waals surface area contributed by atoms with Crippen LogP contribution in [-0.4, -0.2) is 53.9 Å². The summed E-state index contributed by atoms with van der Waals surface area (Å²) in [5.41, 5.74) is 5.98. The molecule has 0 saturated carbocycles. The Labute approximate surface area is 205 Å². The third-order valence-corrected chi connectivity index (χ3v) is 5.63. The summed E-state index contributed by atoms with van der Waals surface area (Å²) in [6.45, 7) is 13.4. The lowest BCUT2D eigenvalue weighted by molar-refractivity contribution is -0.156. The number of benzene rings is 1. The zero-order valence-corrected chi connectivity index (χ0v) is 21.9. The summed E-state index contributed by atoms with van der Waals surface area (Å²) >= 11 is 0. The molecule has 0 unspecified atom stereocenters. The van der Waals surface area contributed by atoms with Gasteiger partial charge in [-0.15, -0.1) is 0 Å². The molecule has 0 aliphatic carbocycles. The van der Waals surface area contributed by atoms with E-state index in [1.165, 1.54) is 0 Å². The Hall–Kier alpha value is -2.28. The normalized spacial score (nSPS) is 16.1. The van der Waals surface area contributed by atoms with Gasteiger partial charge in [0.25, 0.3) is 0 Å². The molecule has 7 heteroatoms. The van der Waals surface area contributed by atoms with Crippen LogP contribution >= 0.6 is 0 Å². The molecule has 1 aromatic carbocycles. The number of hydrogen-bond donors (Lipinski definition) is 1. The molecule has 0 bridgehead atoms. The monoisotopic (exact) mass is 476 g/mol. The van der Waals surface area contributed by atoms with E-state index >= 15 is 0 Å². The minimum atomic E-state index is -0.679. The molecule has 0 radical (unpaired) electrons. The SMILES string of the molecule is CC(C)(C)OC(=O)[C@@H](N)Cc1ccc(OCCCCC2CCN(C(=O)OC(C)(C)C)CC2)cc1. The van der Waals surface area contributed by atoms with Crippen molar-refractivity contribution in [2.45, 2.75) is 97.3 Å². The van der Waals surface area contributed by atoms with Crippen molar-refractivity contribution in [1.82, 2.24) is 4.90 Å². The van der Waals surface area contributed by atoms with Crippen LogP contribution in [0.3, 0.4) is 0 Å². The van der Waals surface area contributed by atoms with Gasteiger partial charge in [-0.1, -0.05) is 18.6 Å². The van der Waals surface area contributed by atoms with Crippen LogP contribution in [0, 0.1) is 5.92 Å². The molecule has 1 aliphatic heterocycles. The highest BCUT2D eigenvalue weighted by Gasteiger charge is 2.26. The highest BCUT2D eigenvalue weighted by atomic mass is 16.6. The van der Waals surface area contributed by atoms with Crippen molar-refractivity contribution in [3.05, 3.63) is 29.8 Å². The van der Waals surface area contributed by atoms with Gasteiger partial charge in [0.15, 0.2) is 0 Å². The molecule has 34 heavy (non-hydrogen) atoms. The number of nitrogens with zero attached hydrogens (tertiary/aromatic N) is 1. The van der Waals surface area contributed by atoms with Crippen molar-refractivity contribution < 1.29 is 23.8 Å². The van der Waals surface area contributed by atoms with E-state index in [4.69, 9.17) is 19.9 Å². The molecule has 1 heterocycles. The summed E-state index contributed by atoms with van der Waals surface area (Å²) in [5.74, 6) is 1.09. The summed E-state index contributed by atoms with van der Waals surface area (Å²) in [5, 5.41) is 0. The fourth-order valence-electron chi connectivity index (χ4n) is 3.89. The van der Waals surface area contributed by atoms with Crippen molar-refractivity contribution in [2.24, 2.45) is 11.7 Å². The lowest BCUT2D eigenvalue weighted by Gasteiger charge is -2.33. The molecule has 1 saturated heterocycles. The van der Waals surface area contributed by atoms with E-state index in [1.807, 2.05) is 70.7 Å². The molecule has 2 rings (SSSR count). The van der Waals surface area contributed by atoms with E-state index in [1.54, 1.807) is 0 Å². The fourth-order valence-corrected chi connectivity index (χ4v) is 3.89. The number of ether oxygens (including phenoxy) is 3. The number of amides is 1. The first-order valence-electron chi connectivity index (χ1n) is 12.5. The van der Waals surface area contributed by atoms with Gasteiger partial charge in [0, 0.05) is 13.1 Å². The van der Waals surface area contributed by atoms with E-state index in [9.17, 15) is 9.59 Å². The van der Waals surface area contributed by atoms with Crippen molar-refractivity contribution in [1.29, 1.82) is 0 Å². The number of rotatable bonds is 9. The van der Waals surface area contributed by atoms with Crippen LogP contribution < -0.4 is 10.5 Å². The van der Waals surface area contributed by atoms with Crippen molar-refractivity contribution in [3.63, 3.8) is 0 Å². The second-order valence-electron chi connectivity index (χ2n) is 11.2. The van der Waals surface area contributed by atoms with Gasteiger partial charge in [-0.2, -0.15) is 0 Å². The Morgan fingerprint density at radius 2 is 1.56 bits per heavy atom. The average Bonchev–Trinajstić information content (AvgIpc) is 2.72. The molecular weight excluding hydrogens is 432 g/mol. The van der Waals surface area contributed by atoms with E-state index < -0.39 is 17.2 Å². The topological polar surface area (TPSA) is 91.1 Å². The highest BCUT2D eigenvalue weighted by molar-refractivity contribution is 5.76. The van der Waals surface area contributed by atoms with Crippen molar-refractivity contribution in [2.75, 3.05) is 19.7 Å². The van der Waals surface area contributed by atoms with Crippen LogP contribution in [0.4, 0.5) is 4.79 Å². The van der Waals surface area contributed by atoms with Gasteiger partial charge >= 0.3 is 12.1 Å². The molecule has 1 aromatic rings. The Morgan fingerprint density at radius 3 is 2.12 bits per heavy atom. The number of esters is 1.